The fraction of sp³-hybridized carbons (Fsp3) is 0.350. The number of rotatable bonds is 7. The molecule has 0 unspecified atom stereocenters. The molecule has 3 nitrogen and oxygen atoms in total. The van der Waals surface area contributed by atoms with Gasteiger partial charge in [0.05, 0.1) is 7.11 Å². The van der Waals surface area contributed by atoms with E-state index in [4.69, 9.17) is 17.0 Å². The SMILES string of the molecule is COc1ccccc1CCCNC(=S)Nc1ccc(C(C)C)cc1. The first-order valence-electron chi connectivity index (χ1n) is 8.37. The number of thiocarbonyl (C=S) groups is 1. The lowest BCUT2D eigenvalue weighted by Gasteiger charge is -2.12. The molecule has 0 fully saturated rings. The molecule has 0 aliphatic carbocycles. The number of anilines is 1. The number of hydrogen-bond donors (Lipinski definition) is 2. The quantitative estimate of drug-likeness (QED) is 0.562. The van der Waals surface area contributed by atoms with Crippen LogP contribution in [0.5, 0.6) is 5.75 Å². The van der Waals surface area contributed by atoms with E-state index in [1.165, 1.54) is 11.1 Å². The zero-order valence-corrected chi connectivity index (χ0v) is 15.5. The van der Waals surface area contributed by atoms with E-state index in [0.717, 1.165) is 30.8 Å². The Morgan fingerprint density at radius 2 is 1.79 bits per heavy atom. The van der Waals surface area contributed by atoms with Gasteiger partial charge in [0.1, 0.15) is 5.75 Å². The van der Waals surface area contributed by atoms with Gasteiger partial charge < -0.3 is 15.4 Å². The molecule has 0 amide bonds. The van der Waals surface area contributed by atoms with Gasteiger partial charge in [-0.2, -0.15) is 0 Å². The average Bonchev–Trinajstić information content (AvgIpc) is 2.59. The van der Waals surface area contributed by atoms with Gasteiger partial charge in [0.2, 0.25) is 0 Å². The Kier molecular flexibility index (Phi) is 7.07. The minimum atomic E-state index is 0.541. The van der Waals surface area contributed by atoms with E-state index >= 15 is 0 Å². The van der Waals surface area contributed by atoms with Gasteiger partial charge in [0.15, 0.2) is 5.11 Å². The molecule has 0 radical (unpaired) electrons. The summed E-state index contributed by atoms with van der Waals surface area (Å²) in [7, 11) is 1.71. The average molecular weight is 343 g/mol. The molecule has 0 atom stereocenters. The van der Waals surface area contributed by atoms with E-state index in [2.05, 4.69) is 54.8 Å². The van der Waals surface area contributed by atoms with Gasteiger partial charge in [-0.25, -0.2) is 0 Å². The van der Waals surface area contributed by atoms with Crippen LogP contribution in [-0.4, -0.2) is 18.8 Å². The molecule has 2 N–H and O–H groups in total. The minimum Gasteiger partial charge on any atom is -0.496 e. The first-order valence-corrected chi connectivity index (χ1v) is 8.77. The Hall–Kier alpha value is -2.07. The van der Waals surface area contributed by atoms with Gasteiger partial charge in [-0.05, 0) is 60.3 Å². The van der Waals surface area contributed by atoms with Crippen LogP contribution in [0.2, 0.25) is 0 Å². The molecule has 0 aliphatic rings. The van der Waals surface area contributed by atoms with Crippen molar-refractivity contribution >= 4 is 23.0 Å². The number of methoxy groups -OCH3 is 1. The van der Waals surface area contributed by atoms with E-state index in [9.17, 15) is 0 Å². The van der Waals surface area contributed by atoms with Crippen molar-refractivity contribution in [2.75, 3.05) is 19.0 Å². The molecule has 4 heteroatoms. The van der Waals surface area contributed by atoms with E-state index in [0.29, 0.717) is 11.0 Å². The monoisotopic (exact) mass is 342 g/mol. The summed E-state index contributed by atoms with van der Waals surface area (Å²) in [6, 6.07) is 16.5. The highest BCUT2D eigenvalue weighted by atomic mass is 32.1. The third kappa shape index (κ3) is 5.53. The molecular weight excluding hydrogens is 316 g/mol. The lowest BCUT2D eigenvalue weighted by atomic mass is 10.0. The molecule has 0 aliphatic heterocycles. The molecule has 0 bridgehead atoms. The summed E-state index contributed by atoms with van der Waals surface area (Å²) in [4.78, 5) is 0. The topological polar surface area (TPSA) is 33.3 Å². The number of benzene rings is 2. The van der Waals surface area contributed by atoms with Gasteiger partial charge >= 0.3 is 0 Å². The number of hydrogen-bond acceptors (Lipinski definition) is 2. The van der Waals surface area contributed by atoms with E-state index in [1.807, 2.05) is 18.2 Å². The van der Waals surface area contributed by atoms with Gasteiger partial charge in [-0.15, -0.1) is 0 Å². The summed E-state index contributed by atoms with van der Waals surface area (Å²) in [5, 5.41) is 7.14. The second-order valence-electron chi connectivity index (χ2n) is 6.07. The molecule has 128 valence electrons. The molecule has 2 aromatic carbocycles. The summed E-state index contributed by atoms with van der Waals surface area (Å²) in [6.07, 6.45) is 1.96. The third-order valence-corrected chi connectivity index (χ3v) is 4.18. The van der Waals surface area contributed by atoms with Crippen LogP contribution in [0.1, 0.15) is 37.3 Å². The molecule has 24 heavy (non-hydrogen) atoms. The first-order chi connectivity index (χ1) is 11.6. The van der Waals surface area contributed by atoms with Crippen molar-refractivity contribution in [3.8, 4) is 5.75 Å². The number of nitrogens with one attached hydrogen (secondary N) is 2. The van der Waals surface area contributed by atoms with E-state index < -0.39 is 0 Å². The van der Waals surface area contributed by atoms with Gasteiger partial charge in [-0.3, -0.25) is 0 Å². The van der Waals surface area contributed by atoms with Crippen molar-refractivity contribution in [2.24, 2.45) is 0 Å². The van der Waals surface area contributed by atoms with Crippen LogP contribution in [0.4, 0.5) is 5.69 Å². The van der Waals surface area contributed by atoms with Crippen molar-refractivity contribution in [1.29, 1.82) is 0 Å². The van der Waals surface area contributed by atoms with Crippen molar-refractivity contribution in [1.82, 2.24) is 5.32 Å². The number of para-hydroxylation sites is 1. The summed E-state index contributed by atoms with van der Waals surface area (Å²) in [6.45, 7) is 5.21. The van der Waals surface area contributed by atoms with Crippen LogP contribution in [0.3, 0.4) is 0 Å². The maximum Gasteiger partial charge on any atom is 0.170 e. The highest BCUT2D eigenvalue weighted by molar-refractivity contribution is 7.80. The summed E-state index contributed by atoms with van der Waals surface area (Å²) in [5.74, 6) is 1.49. The molecule has 0 heterocycles. The van der Waals surface area contributed by atoms with Crippen molar-refractivity contribution in [3.63, 3.8) is 0 Å². The molecule has 0 spiro atoms. The Labute approximate surface area is 150 Å². The van der Waals surface area contributed by atoms with Crippen LogP contribution < -0.4 is 15.4 Å². The van der Waals surface area contributed by atoms with Gasteiger partial charge in [0.25, 0.3) is 0 Å². The molecule has 0 saturated heterocycles. The standard InChI is InChI=1S/C20H26N2OS/c1-15(2)16-10-12-18(13-11-16)22-20(24)21-14-6-8-17-7-4-5-9-19(17)23-3/h4-5,7,9-13,15H,6,8,14H2,1-3H3,(H2,21,22,24). The van der Waals surface area contributed by atoms with Gasteiger partial charge in [-0.1, -0.05) is 44.2 Å². The van der Waals surface area contributed by atoms with E-state index in [1.54, 1.807) is 7.11 Å². The minimum absolute atomic E-state index is 0.541. The highest BCUT2D eigenvalue weighted by Gasteiger charge is 2.03. The zero-order chi connectivity index (χ0) is 17.4. The third-order valence-electron chi connectivity index (χ3n) is 3.94. The predicted octanol–water partition coefficient (Wildman–Crippen LogP) is 4.74. The first kappa shape index (κ1) is 18.3. The van der Waals surface area contributed by atoms with Crippen LogP contribution >= 0.6 is 12.2 Å². The predicted molar refractivity (Wildman–Crippen MR) is 106 cm³/mol. The lowest BCUT2D eigenvalue weighted by Crippen LogP contribution is -2.29. The smallest absolute Gasteiger partial charge is 0.170 e. The molecule has 2 rings (SSSR count). The molecular formula is C20H26N2OS. The summed E-state index contributed by atoms with van der Waals surface area (Å²) in [5.41, 5.74) is 3.57. The second-order valence-corrected chi connectivity index (χ2v) is 6.48. The van der Waals surface area contributed by atoms with Crippen molar-refractivity contribution < 1.29 is 4.74 Å². The molecule has 0 saturated carbocycles. The fourth-order valence-electron chi connectivity index (χ4n) is 2.52. The van der Waals surface area contributed by atoms with Crippen LogP contribution in [0.15, 0.2) is 48.5 Å². The Balaban J connectivity index is 1.73. The van der Waals surface area contributed by atoms with Crippen LogP contribution in [0, 0.1) is 0 Å². The van der Waals surface area contributed by atoms with Crippen molar-refractivity contribution in [2.45, 2.75) is 32.6 Å². The molecule has 0 aromatic heterocycles. The largest absolute Gasteiger partial charge is 0.496 e. The number of ether oxygens (including phenoxy) is 1. The summed E-state index contributed by atoms with van der Waals surface area (Å²) < 4.78 is 5.37. The normalized spacial score (nSPS) is 10.5. The number of aryl methyl sites for hydroxylation is 1. The molecule has 2 aromatic rings. The maximum absolute atomic E-state index is 5.37. The second kappa shape index (κ2) is 9.28. The Morgan fingerprint density at radius 3 is 2.46 bits per heavy atom. The maximum atomic E-state index is 5.37. The van der Waals surface area contributed by atoms with Crippen LogP contribution in [-0.2, 0) is 6.42 Å². The summed E-state index contributed by atoms with van der Waals surface area (Å²) >= 11 is 5.35. The fourth-order valence-corrected chi connectivity index (χ4v) is 2.74. The lowest BCUT2D eigenvalue weighted by molar-refractivity contribution is 0.409. The highest BCUT2D eigenvalue weighted by Crippen LogP contribution is 2.19. The van der Waals surface area contributed by atoms with Gasteiger partial charge in [0, 0.05) is 12.2 Å². The van der Waals surface area contributed by atoms with Crippen LogP contribution in [0.25, 0.3) is 0 Å². The zero-order valence-electron chi connectivity index (χ0n) is 14.6. The Bertz CT molecular complexity index is 653. The van der Waals surface area contributed by atoms with Crippen molar-refractivity contribution in [3.05, 3.63) is 59.7 Å². The Morgan fingerprint density at radius 1 is 1.08 bits per heavy atom. The van der Waals surface area contributed by atoms with E-state index in [-0.39, 0.29) is 0 Å².